The maximum atomic E-state index is 17.0. The Morgan fingerprint density at radius 3 is 2.85 bits per heavy atom. The van der Waals surface area contributed by atoms with Gasteiger partial charge in [0.25, 0.3) is 0 Å². The van der Waals surface area contributed by atoms with E-state index in [9.17, 15) is 13.9 Å². The molecule has 0 aliphatic carbocycles. The highest BCUT2D eigenvalue weighted by atomic mass is 19.1. The van der Waals surface area contributed by atoms with Crippen molar-refractivity contribution in [1.82, 2.24) is 19.9 Å². The van der Waals surface area contributed by atoms with E-state index < -0.39 is 23.3 Å². The van der Waals surface area contributed by atoms with Gasteiger partial charge in [0, 0.05) is 37.0 Å². The number of halogens is 3. The number of nitrogens with zero attached hydrogens (tertiary/aromatic N) is 5. The number of fused-ring (bicyclic) bond motifs is 4. The van der Waals surface area contributed by atoms with Gasteiger partial charge in [-0.2, -0.15) is 9.97 Å². The van der Waals surface area contributed by atoms with E-state index in [0.717, 1.165) is 37.7 Å². The fraction of sp³-hybridized carbons (Fsp3) is 0.400. The third-order valence-electron chi connectivity index (χ3n) is 10.1. The zero-order valence-corrected chi connectivity index (χ0v) is 25.2. The van der Waals surface area contributed by atoms with Gasteiger partial charge in [-0.25, -0.2) is 18.2 Å². The van der Waals surface area contributed by atoms with Crippen molar-refractivity contribution >= 4 is 27.5 Å². The van der Waals surface area contributed by atoms with Crippen LogP contribution in [-0.4, -0.2) is 75.6 Å². The second-order valence-electron chi connectivity index (χ2n) is 12.7. The van der Waals surface area contributed by atoms with Gasteiger partial charge in [0.05, 0.1) is 17.1 Å². The number of aromatic nitrogens is 3. The maximum Gasteiger partial charge on any atom is 0.319 e. The van der Waals surface area contributed by atoms with Crippen molar-refractivity contribution in [1.29, 1.82) is 0 Å². The van der Waals surface area contributed by atoms with Gasteiger partial charge in [-0.1, -0.05) is 37.0 Å². The number of rotatable bonds is 4. The summed E-state index contributed by atoms with van der Waals surface area (Å²) in [5.41, 5.74) is -0.0503. The summed E-state index contributed by atoms with van der Waals surface area (Å²) in [5.74, 6) is 1.31. The van der Waals surface area contributed by atoms with Gasteiger partial charge in [-0.15, -0.1) is 6.42 Å². The van der Waals surface area contributed by atoms with Crippen LogP contribution in [0.5, 0.6) is 17.6 Å². The van der Waals surface area contributed by atoms with Crippen LogP contribution in [0.15, 0.2) is 36.4 Å². The number of pyridine rings is 1. The van der Waals surface area contributed by atoms with Crippen LogP contribution in [0.4, 0.5) is 19.0 Å². The molecule has 8 nitrogen and oxygen atoms in total. The van der Waals surface area contributed by atoms with E-state index >= 15 is 4.39 Å². The lowest BCUT2D eigenvalue weighted by Crippen LogP contribution is -2.44. The minimum absolute atomic E-state index is 0.0382. The van der Waals surface area contributed by atoms with Crippen molar-refractivity contribution in [3.63, 3.8) is 0 Å². The van der Waals surface area contributed by atoms with Crippen molar-refractivity contribution < 1.29 is 27.8 Å². The van der Waals surface area contributed by atoms with Crippen LogP contribution in [0.3, 0.4) is 0 Å². The molecule has 0 radical (unpaired) electrons. The second kappa shape index (κ2) is 10.8. The highest BCUT2D eigenvalue weighted by molar-refractivity contribution is 6.04. The SMILES string of the molecule is C#Cc1c(F)ccc2cc(O)cc(-c3nc4c5c(nc(OC[C@]67C[C@@H](F)CN6CCC7=C)nc5c3F)N3CCCCC[C@H]3CO4)c12. The molecule has 2 aromatic heterocycles. The Bertz CT molecular complexity index is 1980. The van der Waals surface area contributed by atoms with E-state index in [2.05, 4.69) is 32.3 Å². The number of hydrogen-bond donors (Lipinski definition) is 1. The first-order chi connectivity index (χ1) is 22.3. The Balaban J connectivity index is 1.34. The average Bonchev–Trinajstić information content (AvgIpc) is 3.33. The van der Waals surface area contributed by atoms with Crippen LogP contribution in [0.25, 0.3) is 32.9 Å². The van der Waals surface area contributed by atoms with Crippen molar-refractivity contribution in [2.75, 3.05) is 37.7 Å². The van der Waals surface area contributed by atoms with Crippen molar-refractivity contribution in [3.05, 3.63) is 53.6 Å². The number of anilines is 1. The number of alkyl halides is 1. The molecule has 46 heavy (non-hydrogen) atoms. The third-order valence-corrected chi connectivity index (χ3v) is 10.1. The highest BCUT2D eigenvalue weighted by Gasteiger charge is 2.52. The Hall–Kier alpha value is -4.56. The minimum atomic E-state index is -0.999. The number of phenolic OH excluding ortho intramolecular Hbond substituents is 1. The van der Waals surface area contributed by atoms with Crippen LogP contribution in [0, 0.1) is 24.0 Å². The number of benzene rings is 2. The molecule has 11 heteroatoms. The number of ether oxygens (including phenoxy) is 2. The van der Waals surface area contributed by atoms with E-state index in [1.165, 1.54) is 24.3 Å². The molecule has 0 spiro atoms. The zero-order chi connectivity index (χ0) is 31.7. The van der Waals surface area contributed by atoms with Gasteiger partial charge in [-0.05, 0) is 42.8 Å². The fourth-order valence-electron chi connectivity index (χ4n) is 7.80. The molecule has 1 N–H and O–H groups in total. The predicted molar refractivity (Wildman–Crippen MR) is 168 cm³/mol. The van der Waals surface area contributed by atoms with Gasteiger partial charge in [-0.3, -0.25) is 4.90 Å². The number of hydrogen-bond acceptors (Lipinski definition) is 8. The third kappa shape index (κ3) is 4.37. The Morgan fingerprint density at radius 2 is 2.00 bits per heavy atom. The van der Waals surface area contributed by atoms with Crippen LogP contribution >= 0.6 is 0 Å². The van der Waals surface area contributed by atoms with Crippen LogP contribution in [-0.2, 0) is 0 Å². The standard InChI is InChI=1S/C35H32F3N5O3/c1-3-24-26(37)9-8-20-13-23(44)14-25(27(20)24)30-29(38)31-28-32(43-11-6-4-5-7-22(43)17-45-33(28)39-30)41-34(40-31)46-18-35-15-21(36)16-42(35)12-10-19(35)2/h1,8-9,13-14,21-22,44H,2,4-7,10-12,15-18H2/t21-,22+,35+/m1/s1. The first-order valence-corrected chi connectivity index (χ1v) is 15.7. The summed E-state index contributed by atoms with van der Waals surface area (Å²) < 4.78 is 59.0. The number of phenols is 1. The average molecular weight is 628 g/mol. The van der Waals surface area contributed by atoms with E-state index in [1.807, 2.05) is 0 Å². The Labute approximate surface area is 263 Å². The lowest BCUT2D eigenvalue weighted by Gasteiger charge is -2.32. The van der Waals surface area contributed by atoms with E-state index in [0.29, 0.717) is 42.8 Å². The molecule has 4 aromatic rings. The lowest BCUT2D eigenvalue weighted by atomic mass is 9.90. The van der Waals surface area contributed by atoms with E-state index in [1.54, 1.807) is 0 Å². The minimum Gasteiger partial charge on any atom is -0.508 e. The summed E-state index contributed by atoms with van der Waals surface area (Å²) in [4.78, 5) is 18.2. The molecular formula is C35H32F3N5O3. The van der Waals surface area contributed by atoms with E-state index in [4.69, 9.17) is 20.9 Å². The Morgan fingerprint density at radius 1 is 1.13 bits per heavy atom. The molecule has 4 aliphatic heterocycles. The second-order valence-corrected chi connectivity index (χ2v) is 12.7. The van der Waals surface area contributed by atoms with Crippen molar-refractivity contribution in [2.24, 2.45) is 0 Å². The predicted octanol–water partition coefficient (Wildman–Crippen LogP) is 6.07. The van der Waals surface area contributed by atoms with Gasteiger partial charge in [0.1, 0.15) is 53.4 Å². The van der Waals surface area contributed by atoms with Gasteiger partial charge in [0.2, 0.25) is 5.88 Å². The zero-order valence-electron chi connectivity index (χ0n) is 25.2. The summed E-state index contributed by atoms with van der Waals surface area (Å²) >= 11 is 0. The fourth-order valence-corrected chi connectivity index (χ4v) is 7.80. The quantitative estimate of drug-likeness (QED) is 0.216. The topological polar surface area (TPSA) is 83.8 Å². The molecule has 0 saturated carbocycles. The monoisotopic (exact) mass is 627 g/mol. The first kappa shape index (κ1) is 28.9. The summed E-state index contributed by atoms with van der Waals surface area (Å²) in [5, 5.41) is 11.6. The summed E-state index contributed by atoms with van der Waals surface area (Å²) in [7, 11) is 0. The summed E-state index contributed by atoms with van der Waals surface area (Å²) in [6.07, 6.45) is 9.55. The number of terminal acetylenes is 1. The summed E-state index contributed by atoms with van der Waals surface area (Å²) in [6.45, 7) is 6.28. The largest absolute Gasteiger partial charge is 0.508 e. The molecule has 0 bridgehead atoms. The maximum absolute atomic E-state index is 17.0. The van der Waals surface area contributed by atoms with Gasteiger partial charge < -0.3 is 19.5 Å². The van der Waals surface area contributed by atoms with Crippen LogP contribution in [0.2, 0.25) is 0 Å². The highest BCUT2D eigenvalue weighted by Crippen LogP contribution is 2.46. The molecule has 3 saturated heterocycles. The van der Waals surface area contributed by atoms with Crippen LogP contribution < -0.4 is 14.4 Å². The molecule has 3 fully saturated rings. The smallest absolute Gasteiger partial charge is 0.319 e. The molecule has 2 aromatic carbocycles. The van der Waals surface area contributed by atoms with E-state index in [-0.39, 0.29) is 64.4 Å². The lowest BCUT2D eigenvalue weighted by molar-refractivity contribution is 0.131. The normalized spacial score (nSPS) is 24.3. The molecule has 0 unspecified atom stereocenters. The van der Waals surface area contributed by atoms with Crippen LogP contribution in [0.1, 0.15) is 44.1 Å². The molecule has 3 atom stereocenters. The number of aromatic hydroxyl groups is 1. The first-order valence-electron chi connectivity index (χ1n) is 15.7. The van der Waals surface area contributed by atoms with Gasteiger partial charge in [0.15, 0.2) is 5.82 Å². The van der Waals surface area contributed by atoms with Gasteiger partial charge >= 0.3 is 6.01 Å². The van der Waals surface area contributed by atoms with Crippen molar-refractivity contribution in [3.8, 4) is 41.2 Å². The molecule has 0 amide bonds. The summed E-state index contributed by atoms with van der Waals surface area (Å²) in [6, 6.07) is 5.33. The molecule has 6 heterocycles. The molecule has 4 aliphatic rings. The van der Waals surface area contributed by atoms with Crippen molar-refractivity contribution in [2.45, 2.75) is 56.3 Å². The molecular weight excluding hydrogens is 595 g/mol. The Kier molecular flexibility index (Phi) is 6.76. The molecule has 236 valence electrons. The molecule has 8 rings (SSSR count).